The van der Waals surface area contributed by atoms with Crippen molar-refractivity contribution in [2.75, 3.05) is 0 Å². The molecule has 0 N–H and O–H groups in total. The van der Waals surface area contributed by atoms with Gasteiger partial charge in [-0.05, 0) is 36.3 Å². The molecule has 0 saturated heterocycles. The van der Waals surface area contributed by atoms with E-state index in [-0.39, 0.29) is 5.41 Å². The first-order valence-corrected chi connectivity index (χ1v) is 8.19. The quantitative estimate of drug-likeness (QED) is 0.485. The molecule has 1 aliphatic carbocycles. The van der Waals surface area contributed by atoms with Gasteiger partial charge in [-0.2, -0.15) is 0 Å². The van der Waals surface area contributed by atoms with Crippen molar-refractivity contribution in [2.45, 2.75) is 20.8 Å². The molecule has 0 radical (unpaired) electrons. The Hall–Kier alpha value is -1.86. The second kappa shape index (κ2) is 4.32. The Kier molecular flexibility index (Phi) is 2.64. The molecule has 0 aliphatic heterocycles. The molecule has 1 aromatic heterocycles. The normalized spacial score (nSPS) is 17.3. The van der Waals surface area contributed by atoms with Gasteiger partial charge in [0.05, 0.1) is 0 Å². The third kappa shape index (κ3) is 1.96. The Morgan fingerprint density at radius 2 is 1.67 bits per heavy atom. The fourth-order valence-corrected chi connectivity index (χ4v) is 4.12. The highest BCUT2D eigenvalue weighted by atomic mass is 32.1. The summed E-state index contributed by atoms with van der Waals surface area (Å²) in [6.07, 6.45) is 4.72. The van der Waals surface area contributed by atoms with Crippen LogP contribution in [0.5, 0.6) is 0 Å². The first-order chi connectivity index (χ1) is 10.0. The van der Waals surface area contributed by atoms with Gasteiger partial charge in [-0.25, -0.2) is 0 Å². The van der Waals surface area contributed by atoms with E-state index < -0.39 is 0 Å². The minimum atomic E-state index is 0.182. The minimum Gasteiger partial charge on any atom is -0.135 e. The van der Waals surface area contributed by atoms with Crippen LogP contribution in [0.15, 0.2) is 60.2 Å². The van der Waals surface area contributed by atoms with E-state index in [0.717, 1.165) is 0 Å². The summed E-state index contributed by atoms with van der Waals surface area (Å²) in [5.74, 6) is 0. The zero-order valence-corrected chi connectivity index (χ0v) is 13.4. The van der Waals surface area contributed by atoms with Crippen molar-refractivity contribution in [2.24, 2.45) is 5.41 Å². The van der Waals surface area contributed by atoms with Crippen molar-refractivity contribution in [3.05, 3.63) is 65.8 Å². The van der Waals surface area contributed by atoms with Gasteiger partial charge >= 0.3 is 0 Å². The maximum atomic E-state index is 2.39. The highest BCUT2D eigenvalue weighted by Gasteiger charge is 2.23. The zero-order valence-electron chi connectivity index (χ0n) is 12.6. The summed E-state index contributed by atoms with van der Waals surface area (Å²) in [6, 6.07) is 15.6. The molecule has 1 heteroatoms. The predicted molar refractivity (Wildman–Crippen MR) is 94.8 cm³/mol. The van der Waals surface area contributed by atoms with Crippen LogP contribution >= 0.6 is 11.3 Å². The fraction of sp³-hybridized carbons (Fsp3) is 0.200. The molecule has 104 valence electrons. The summed E-state index contributed by atoms with van der Waals surface area (Å²) in [7, 11) is 0. The van der Waals surface area contributed by atoms with Gasteiger partial charge in [-0.3, -0.25) is 0 Å². The molecule has 0 unspecified atom stereocenters. The Bertz CT molecular complexity index is 919. The van der Waals surface area contributed by atoms with Crippen LogP contribution < -0.4 is 0 Å². The van der Waals surface area contributed by atoms with Crippen LogP contribution in [0.2, 0.25) is 0 Å². The highest BCUT2D eigenvalue weighted by molar-refractivity contribution is 7.25. The first-order valence-electron chi connectivity index (χ1n) is 7.38. The van der Waals surface area contributed by atoms with Crippen LogP contribution in [-0.2, 0) is 0 Å². The lowest BCUT2D eigenvalue weighted by Gasteiger charge is -2.16. The average Bonchev–Trinajstić information content (AvgIpc) is 2.96. The van der Waals surface area contributed by atoms with E-state index >= 15 is 0 Å². The summed E-state index contributed by atoms with van der Waals surface area (Å²) in [6.45, 7) is 6.79. The van der Waals surface area contributed by atoms with Crippen molar-refractivity contribution in [1.82, 2.24) is 0 Å². The minimum absolute atomic E-state index is 0.182. The number of benzene rings is 2. The van der Waals surface area contributed by atoms with E-state index in [9.17, 15) is 0 Å². The number of thiophene rings is 1. The van der Waals surface area contributed by atoms with Crippen molar-refractivity contribution < 1.29 is 0 Å². The molecular formula is C20H18S. The SMILES string of the molecule is CC1=CC(c2ccc3sc4ccccc4c3c2)=CC1(C)C. The lowest BCUT2D eigenvalue weighted by Crippen LogP contribution is -2.04. The summed E-state index contributed by atoms with van der Waals surface area (Å²) >= 11 is 1.88. The highest BCUT2D eigenvalue weighted by Crippen LogP contribution is 2.41. The summed E-state index contributed by atoms with van der Waals surface area (Å²) in [4.78, 5) is 0. The molecule has 0 nitrogen and oxygen atoms in total. The van der Waals surface area contributed by atoms with Gasteiger partial charge in [-0.15, -0.1) is 11.3 Å². The smallest absolute Gasteiger partial charge is 0.0355 e. The van der Waals surface area contributed by atoms with E-state index in [1.807, 2.05) is 11.3 Å². The van der Waals surface area contributed by atoms with Crippen LogP contribution in [0.25, 0.3) is 25.7 Å². The van der Waals surface area contributed by atoms with Crippen molar-refractivity contribution in [1.29, 1.82) is 0 Å². The zero-order chi connectivity index (χ0) is 14.6. The largest absolute Gasteiger partial charge is 0.135 e. The Morgan fingerprint density at radius 3 is 2.43 bits per heavy atom. The Balaban J connectivity index is 1.94. The van der Waals surface area contributed by atoms with Gasteiger partial charge in [0.1, 0.15) is 0 Å². The van der Waals surface area contributed by atoms with Crippen molar-refractivity contribution in [3.8, 4) is 0 Å². The average molecular weight is 290 g/mol. The maximum absolute atomic E-state index is 2.39. The van der Waals surface area contributed by atoms with E-state index in [1.54, 1.807) is 0 Å². The molecule has 0 saturated carbocycles. The van der Waals surface area contributed by atoms with Crippen LogP contribution in [0, 0.1) is 5.41 Å². The standard InChI is InChI=1S/C20H18S/c1-13-10-15(12-20(13,2)3)14-8-9-19-17(11-14)16-6-4-5-7-18(16)21-19/h4-12H,1-3H3. The molecule has 0 amide bonds. The molecule has 4 rings (SSSR count). The van der Waals surface area contributed by atoms with Crippen molar-refractivity contribution >= 4 is 37.1 Å². The maximum Gasteiger partial charge on any atom is 0.0355 e. The number of hydrogen-bond donors (Lipinski definition) is 0. The van der Waals surface area contributed by atoms with Crippen LogP contribution in [0.4, 0.5) is 0 Å². The van der Waals surface area contributed by atoms with Gasteiger partial charge in [0.2, 0.25) is 0 Å². The lowest BCUT2D eigenvalue weighted by atomic mass is 9.88. The third-order valence-electron chi connectivity index (χ3n) is 4.61. The molecule has 1 heterocycles. The molecule has 0 spiro atoms. The molecule has 21 heavy (non-hydrogen) atoms. The Labute approximate surface area is 129 Å². The molecule has 0 atom stereocenters. The third-order valence-corrected chi connectivity index (χ3v) is 5.77. The molecular weight excluding hydrogens is 272 g/mol. The number of rotatable bonds is 1. The molecule has 0 fully saturated rings. The van der Waals surface area contributed by atoms with Crippen molar-refractivity contribution in [3.63, 3.8) is 0 Å². The second-order valence-electron chi connectivity index (χ2n) is 6.46. The topological polar surface area (TPSA) is 0 Å². The number of fused-ring (bicyclic) bond motifs is 3. The molecule has 2 aromatic carbocycles. The predicted octanol–water partition coefficient (Wildman–Crippen LogP) is 6.42. The van der Waals surface area contributed by atoms with E-state index in [2.05, 4.69) is 75.4 Å². The first kappa shape index (κ1) is 12.8. The lowest BCUT2D eigenvalue weighted by molar-refractivity contribution is 0.591. The summed E-state index contributed by atoms with van der Waals surface area (Å²) in [5.41, 5.74) is 4.31. The van der Waals surface area contributed by atoms with Gasteiger partial charge < -0.3 is 0 Å². The van der Waals surface area contributed by atoms with E-state index in [0.29, 0.717) is 0 Å². The van der Waals surface area contributed by atoms with E-state index in [4.69, 9.17) is 0 Å². The number of hydrogen-bond acceptors (Lipinski definition) is 1. The molecule has 1 aliphatic rings. The van der Waals surface area contributed by atoms with Gasteiger partial charge in [0, 0.05) is 25.6 Å². The van der Waals surface area contributed by atoms with Crippen LogP contribution in [0.1, 0.15) is 26.3 Å². The van der Waals surface area contributed by atoms with Gasteiger partial charge in [0.25, 0.3) is 0 Å². The number of allylic oxidation sites excluding steroid dienone is 4. The Morgan fingerprint density at radius 1 is 0.905 bits per heavy atom. The van der Waals surface area contributed by atoms with Gasteiger partial charge in [-0.1, -0.05) is 55.8 Å². The second-order valence-corrected chi connectivity index (χ2v) is 7.54. The summed E-state index contributed by atoms with van der Waals surface area (Å²) < 4.78 is 2.75. The summed E-state index contributed by atoms with van der Waals surface area (Å²) in [5, 5.41) is 2.75. The monoisotopic (exact) mass is 290 g/mol. The van der Waals surface area contributed by atoms with Crippen LogP contribution in [-0.4, -0.2) is 0 Å². The molecule has 0 bridgehead atoms. The fourth-order valence-electron chi connectivity index (χ4n) is 3.04. The van der Waals surface area contributed by atoms with Crippen LogP contribution in [0.3, 0.4) is 0 Å². The van der Waals surface area contributed by atoms with Gasteiger partial charge in [0.15, 0.2) is 0 Å². The van der Waals surface area contributed by atoms with E-state index in [1.165, 1.54) is 36.9 Å². The molecule has 3 aromatic rings.